The van der Waals surface area contributed by atoms with Crippen molar-refractivity contribution in [1.82, 2.24) is 19.9 Å². The molecule has 0 bridgehead atoms. The molecular formula is C17H14N4O4. The van der Waals surface area contributed by atoms with Crippen molar-refractivity contribution >= 4 is 5.97 Å². The fourth-order valence-electron chi connectivity index (χ4n) is 1.98. The first-order valence-corrected chi connectivity index (χ1v) is 7.45. The maximum absolute atomic E-state index is 10.8. The van der Waals surface area contributed by atoms with Crippen LogP contribution >= 0.6 is 0 Å². The molecule has 0 aliphatic rings. The maximum Gasteiger partial charge on any atom is 0.338 e. The Kier molecular flexibility index (Phi) is 4.79. The van der Waals surface area contributed by atoms with Gasteiger partial charge in [-0.3, -0.25) is 0 Å². The van der Waals surface area contributed by atoms with Crippen LogP contribution in [0.3, 0.4) is 0 Å². The summed E-state index contributed by atoms with van der Waals surface area (Å²) >= 11 is 0. The summed E-state index contributed by atoms with van der Waals surface area (Å²) in [5, 5.41) is 8.86. The number of hydrogen-bond donors (Lipinski definition) is 1. The lowest BCUT2D eigenvalue weighted by atomic mass is 10.2. The minimum absolute atomic E-state index is 0.0234. The number of aromatic nitrogens is 4. The van der Waals surface area contributed by atoms with E-state index in [4.69, 9.17) is 14.6 Å². The first-order valence-electron chi connectivity index (χ1n) is 7.45. The minimum Gasteiger partial charge on any atom is -0.488 e. The summed E-state index contributed by atoms with van der Waals surface area (Å²) in [6.07, 6.45) is 5.63. The summed E-state index contributed by atoms with van der Waals surface area (Å²) in [5.41, 5.74) is 0.658. The Morgan fingerprint density at radius 2 is 1.88 bits per heavy atom. The highest BCUT2D eigenvalue weighted by molar-refractivity contribution is 5.86. The third-order valence-corrected chi connectivity index (χ3v) is 3.13. The van der Waals surface area contributed by atoms with Gasteiger partial charge in [-0.15, -0.1) is 0 Å². The van der Waals surface area contributed by atoms with Crippen molar-refractivity contribution in [3.05, 3.63) is 54.6 Å². The molecule has 0 amide bonds. The summed E-state index contributed by atoms with van der Waals surface area (Å²) in [6, 6.07) is 6.89. The second-order valence-corrected chi connectivity index (χ2v) is 4.83. The van der Waals surface area contributed by atoms with Crippen molar-refractivity contribution < 1.29 is 19.4 Å². The molecule has 0 unspecified atom stereocenters. The van der Waals surface area contributed by atoms with Gasteiger partial charge in [0.15, 0.2) is 11.6 Å². The van der Waals surface area contributed by atoms with Crippen LogP contribution in [-0.4, -0.2) is 37.6 Å². The predicted molar refractivity (Wildman–Crippen MR) is 87.7 cm³/mol. The van der Waals surface area contributed by atoms with Gasteiger partial charge >= 0.3 is 5.97 Å². The maximum atomic E-state index is 10.8. The van der Waals surface area contributed by atoms with Crippen LogP contribution in [0.4, 0.5) is 0 Å². The van der Waals surface area contributed by atoms with Gasteiger partial charge in [0.25, 0.3) is 5.88 Å². The average Bonchev–Trinajstić information content (AvgIpc) is 2.64. The van der Waals surface area contributed by atoms with Gasteiger partial charge in [0.2, 0.25) is 5.88 Å². The molecule has 0 spiro atoms. The van der Waals surface area contributed by atoms with Crippen molar-refractivity contribution in [3.63, 3.8) is 0 Å². The Balaban J connectivity index is 1.77. The van der Waals surface area contributed by atoms with Crippen LogP contribution in [0.1, 0.15) is 17.3 Å². The smallest absolute Gasteiger partial charge is 0.338 e. The van der Waals surface area contributed by atoms with Crippen LogP contribution in [0, 0.1) is 0 Å². The van der Waals surface area contributed by atoms with Gasteiger partial charge < -0.3 is 14.6 Å². The van der Waals surface area contributed by atoms with E-state index in [2.05, 4.69) is 19.9 Å². The highest BCUT2D eigenvalue weighted by Crippen LogP contribution is 2.28. The zero-order valence-electron chi connectivity index (χ0n) is 13.3. The molecule has 0 aromatic carbocycles. The zero-order chi connectivity index (χ0) is 17.6. The monoisotopic (exact) mass is 338 g/mol. The van der Waals surface area contributed by atoms with E-state index < -0.39 is 5.97 Å². The molecule has 0 fully saturated rings. The summed E-state index contributed by atoms with van der Waals surface area (Å²) in [4.78, 5) is 27.2. The normalized spacial score (nSPS) is 10.3. The lowest BCUT2D eigenvalue weighted by Gasteiger charge is -2.09. The van der Waals surface area contributed by atoms with Gasteiger partial charge in [0.1, 0.15) is 0 Å². The molecule has 3 rings (SSSR count). The molecule has 0 aliphatic heterocycles. The SMILES string of the molecule is CCOc1cccnc1Oc1ccc(-c2ncc(C(=O)O)cn2)cn1. The van der Waals surface area contributed by atoms with E-state index in [1.54, 1.807) is 30.5 Å². The van der Waals surface area contributed by atoms with E-state index in [0.29, 0.717) is 35.5 Å². The summed E-state index contributed by atoms with van der Waals surface area (Å²) in [5.74, 6) is 0.492. The fraction of sp³-hybridized carbons (Fsp3) is 0.118. The molecule has 0 aliphatic carbocycles. The van der Waals surface area contributed by atoms with Crippen molar-refractivity contribution in [2.45, 2.75) is 6.92 Å². The average molecular weight is 338 g/mol. The molecule has 3 aromatic heterocycles. The van der Waals surface area contributed by atoms with Crippen molar-refractivity contribution in [1.29, 1.82) is 0 Å². The second kappa shape index (κ2) is 7.35. The predicted octanol–water partition coefficient (Wildman–Crippen LogP) is 2.82. The lowest BCUT2D eigenvalue weighted by Crippen LogP contribution is -2.00. The van der Waals surface area contributed by atoms with E-state index in [1.807, 2.05) is 6.92 Å². The summed E-state index contributed by atoms with van der Waals surface area (Å²) in [6.45, 7) is 2.37. The number of pyridine rings is 2. The number of ether oxygens (including phenoxy) is 2. The van der Waals surface area contributed by atoms with Crippen molar-refractivity contribution in [3.8, 4) is 28.9 Å². The van der Waals surface area contributed by atoms with Crippen LogP contribution in [0.15, 0.2) is 49.1 Å². The van der Waals surface area contributed by atoms with Crippen molar-refractivity contribution in [2.24, 2.45) is 0 Å². The third kappa shape index (κ3) is 3.86. The zero-order valence-corrected chi connectivity index (χ0v) is 13.3. The Hall–Kier alpha value is -3.55. The van der Waals surface area contributed by atoms with E-state index in [1.165, 1.54) is 18.6 Å². The van der Waals surface area contributed by atoms with Crippen LogP contribution in [-0.2, 0) is 0 Å². The molecule has 126 valence electrons. The van der Waals surface area contributed by atoms with Crippen molar-refractivity contribution in [2.75, 3.05) is 6.61 Å². The fourth-order valence-corrected chi connectivity index (χ4v) is 1.98. The highest BCUT2D eigenvalue weighted by Gasteiger charge is 2.10. The molecule has 0 radical (unpaired) electrons. The number of carbonyl (C=O) groups is 1. The molecule has 0 saturated carbocycles. The molecule has 25 heavy (non-hydrogen) atoms. The van der Waals surface area contributed by atoms with Gasteiger partial charge in [-0.1, -0.05) is 0 Å². The largest absolute Gasteiger partial charge is 0.488 e. The van der Waals surface area contributed by atoms with E-state index in [9.17, 15) is 4.79 Å². The van der Waals surface area contributed by atoms with E-state index in [0.717, 1.165) is 0 Å². The Bertz CT molecular complexity index is 867. The molecule has 0 saturated heterocycles. The van der Waals surface area contributed by atoms with Gasteiger partial charge in [-0.05, 0) is 25.1 Å². The molecule has 1 N–H and O–H groups in total. The Labute approximate surface area is 143 Å². The van der Waals surface area contributed by atoms with Crippen LogP contribution in [0.25, 0.3) is 11.4 Å². The van der Waals surface area contributed by atoms with Gasteiger partial charge in [-0.2, -0.15) is 0 Å². The number of carboxylic acid groups (broad SMARTS) is 1. The van der Waals surface area contributed by atoms with E-state index in [-0.39, 0.29) is 5.56 Å². The highest BCUT2D eigenvalue weighted by atomic mass is 16.5. The molecular weight excluding hydrogens is 324 g/mol. The molecule has 3 aromatic rings. The number of aromatic carboxylic acids is 1. The summed E-state index contributed by atoms with van der Waals surface area (Å²) < 4.78 is 11.1. The van der Waals surface area contributed by atoms with Crippen LogP contribution < -0.4 is 9.47 Å². The first kappa shape index (κ1) is 16.3. The summed E-state index contributed by atoms with van der Waals surface area (Å²) in [7, 11) is 0. The number of hydrogen-bond acceptors (Lipinski definition) is 7. The van der Waals surface area contributed by atoms with Gasteiger partial charge in [-0.25, -0.2) is 24.7 Å². The van der Waals surface area contributed by atoms with Gasteiger partial charge in [0.05, 0.1) is 12.2 Å². The number of rotatable bonds is 6. The quantitative estimate of drug-likeness (QED) is 0.731. The van der Waals surface area contributed by atoms with Crippen LogP contribution in [0.2, 0.25) is 0 Å². The minimum atomic E-state index is -1.08. The second-order valence-electron chi connectivity index (χ2n) is 4.83. The van der Waals surface area contributed by atoms with Gasteiger partial charge in [0, 0.05) is 36.4 Å². The number of nitrogens with zero attached hydrogens (tertiary/aromatic N) is 4. The molecule has 0 atom stereocenters. The lowest BCUT2D eigenvalue weighted by molar-refractivity contribution is 0.0696. The Morgan fingerprint density at radius 3 is 2.52 bits per heavy atom. The molecule has 8 heteroatoms. The first-order chi connectivity index (χ1) is 12.2. The van der Waals surface area contributed by atoms with Crippen LogP contribution in [0.5, 0.6) is 17.5 Å². The third-order valence-electron chi connectivity index (χ3n) is 3.13. The molecule has 8 nitrogen and oxygen atoms in total. The Morgan fingerprint density at radius 1 is 1.08 bits per heavy atom. The molecule has 3 heterocycles. The number of carboxylic acids is 1. The van der Waals surface area contributed by atoms with E-state index >= 15 is 0 Å². The topological polar surface area (TPSA) is 107 Å². The standard InChI is InChI=1S/C17H14N4O4/c1-2-24-13-4-3-7-18-16(13)25-14-6-5-11(8-19-14)15-20-9-12(10-21-15)17(22)23/h3-10H,2H2,1H3,(H,22,23).